The third kappa shape index (κ3) is 18.5. The fourth-order valence-corrected chi connectivity index (χ4v) is 0. The van der Waals surface area contributed by atoms with Crippen LogP contribution in [0.4, 0.5) is 0 Å². The third-order valence-electron chi connectivity index (χ3n) is 0. The van der Waals surface area contributed by atoms with Crippen LogP contribution in [0, 0.1) is 0 Å². The summed E-state index contributed by atoms with van der Waals surface area (Å²) in [7, 11) is 0. The summed E-state index contributed by atoms with van der Waals surface area (Å²) in [4.78, 5) is 0. The molecule has 0 spiro atoms. The van der Waals surface area contributed by atoms with Crippen LogP contribution in [0.1, 0.15) is 2.85 Å². The minimum atomic E-state index is 0. The fourth-order valence-electron chi connectivity index (χ4n) is 0. The molecule has 0 amide bonds. The summed E-state index contributed by atoms with van der Waals surface area (Å²) >= 11 is 0.125. The van der Waals surface area contributed by atoms with Crippen LogP contribution >= 0.6 is 0 Å². The molecule has 0 aromatic carbocycles. The summed E-state index contributed by atoms with van der Waals surface area (Å²) in [5.41, 5.74) is 0. The summed E-state index contributed by atoms with van der Waals surface area (Å²) in [6, 6.07) is 0. The van der Waals surface area contributed by atoms with E-state index in [0.717, 1.165) is 0 Å². The Balaban J connectivity index is -0.000000000500. The van der Waals surface area contributed by atoms with Crippen LogP contribution in [-0.2, 0) is 3.78 Å². The van der Waals surface area contributed by atoms with Gasteiger partial charge >= 0.3 is 126 Å². The monoisotopic (exact) mass is 312 g/mol. The summed E-state index contributed by atoms with van der Waals surface area (Å²) in [5.74, 6) is 0. The fraction of sp³-hybridized carbons (Fsp3) is 0. The molecule has 0 aromatic heterocycles. The van der Waals surface area contributed by atoms with Gasteiger partial charge < -0.3 is 2.85 Å². The molecule has 0 aliphatic heterocycles. The van der Waals surface area contributed by atoms with Gasteiger partial charge in [-0.3, -0.25) is 0 Å². The molecule has 1 nitrogen and oxygen atoms in total. The van der Waals surface area contributed by atoms with Crippen molar-refractivity contribution in [2.75, 3.05) is 0 Å². The van der Waals surface area contributed by atoms with E-state index in [4.69, 9.17) is 3.78 Å². The molecule has 0 saturated heterocycles. The van der Waals surface area contributed by atoms with E-state index in [1.54, 1.807) is 0 Å². The average molecular weight is 309 g/mol. The van der Waals surface area contributed by atoms with Gasteiger partial charge in [0.25, 0.3) is 0 Å². The molecule has 0 rings (SSSR count). The average Bonchev–Trinajstić information content (AvgIpc) is 1.00. The Bertz CT molecular complexity index is 15.7. The maximum absolute atomic E-state index is 8.38. The van der Waals surface area contributed by atoms with Gasteiger partial charge in [0.2, 0.25) is 0 Å². The predicted molar refractivity (Wildman–Crippen MR) is 22.8 cm³/mol. The first-order valence-electron chi connectivity index (χ1n) is 0.289. The van der Waals surface area contributed by atoms with Crippen molar-refractivity contribution in [1.29, 1.82) is 0 Å². The van der Waals surface area contributed by atoms with Crippen LogP contribution < -0.4 is 87.8 Å². The van der Waals surface area contributed by atoms with Gasteiger partial charge in [-0.05, 0) is 0 Å². The second-order valence-corrected chi connectivity index (χ2v) is 0. The van der Waals surface area contributed by atoms with Crippen molar-refractivity contribution in [3.05, 3.63) is 0 Å². The molecular weight excluding hydrogens is 301 g/mol. The first-order valence-corrected chi connectivity index (χ1v) is 1.50. The van der Waals surface area contributed by atoms with E-state index < -0.39 is 0 Å². The zero-order valence-corrected chi connectivity index (χ0v) is 12.4. The second kappa shape index (κ2) is 25.8. The molecule has 5 heteroatoms. The maximum atomic E-state index is 8.38. The molecule has 0 fully saturated rings. The van der Waals surface area contributed by atoms with Gasteiger partial charge in [0.15, 0.2) is 0 Å². The summed E-state index contributed by atoms with van der Waals surface area (Å²) in [6.07, 6.45) is 0. The van der Waals surface area contributed by atoms with Crippen molar-refractivity contribution >= 4 is 34.0 Å². The van der Waals surface area contributed by atoms with Crippen molar-refractivity contribution in [3.8, 4) is 0 Å². The van der Waals surface area contributed by atoms with Crippen LogP contribution in [0.3, 0.4) is 0 Å². The standard InChI is InChI=1S/Cs.GeH2O.GeH4.Li.2H/c;1-2;;;;/h;1H2;1H4;;;/q+1;;;+1;2*-1. The quantitative estimate of drug-likeness (QED) is 0.406. The summed E-state index contributed by atoms with van der Waals surface area (Å²) in [6.45, 7) is 0. The van der Waals surface area contributed by atoms with Crippen molar-refractivity contribution in [1.82, 2.24) is 0 Å². The number of hydrogen-bond donors (Lipinski definition) is 0. The SMILES string of the molecule is [Cs+].[GeH4].[H-].[H-].[Li+].[O]=[GeH2]. The first-order chi connectivity index (χ1) is 1.00. The van der Waals surface area contributed by atoms with E-state index >= 15 is 0 Å². The van der Waals surface area contributed by atoms with E-state index in [9.17, 15) is 0 Å². The van der Waals surface area contributed by atoms with Gasteiger partial charge in [0.1, 0.15) is 0 Å². The first kappa shape index (κ1) is 23.6. The number of rotatable bonds is 0. The molecule has 0 radical (unpaired) electrons. The van der Waals surface area contributed by atoms with Gasteiger partial charge in [-0.15, -0.1) is 0 Å². The molecule has 0 N–H and O–H groups in total. The molecule has 0 aromatic rings. The van der Waals surface area contributed by atoms with Crippen molar-refractivity contribution < 1.29 is 94.4 Å². The molecule has 0 bridgehead atoms. The van der Waals surface area contributed by atoms with Crippen LogP contribution in [-0.4, -0.2) is 34.0 Å². The summed E-state index contributed by atoms with van der Waals surface area (Å²) in [5, 5.41) is 0. The van der Waals surface area contributed by atoms with E-state index in [2.05, 4.69) is 0 Å². The van der Waals surface area contributed by atoms with E-state index in [1.165, 1.54) is 0 Å². The number of hydrogen-bond acceptors (Lipinski definition) is 1. The van der Waals surface area contributed by atoms with E-state index in [1.807, 2.05) is 0 Å². The van der Waals surface area contributed by atoms with Gasteiger partial charge in [-0.2, -0.15) is 0 Å². The molecule has 0 unspecified atom stereocenters. The molecule has 5 heavy (non-hydrogen) atoms. The Kier molecular flexibility index (Phi) is 121. The molecule has 0 aliphatic rings. The van der Waals surface area contributed by atoms with Gasteiger partial charge in [0.05, 0.1) is 0 Å². The van der Waals surface area contributed by atoms with Crippen LogP contribution in [0.15, 0.2) is 0 Å². The second-order valence-electron chi connectivity index (χ2n) is 0. The third-order valence-corrected chi connectivity index (χ3v) is 0. The van der Waals surface area contributed by atoms with Crippen LogP contribution in [0.2, 0.25) is 0 Å². The Morgan fingerprint density at radius 1 is 1.40 bits per heavy atom. The van der Waals surface area contributed by atoms with Crippen molar-refractivity contribution in [2.45, 2.75) is 0 Å². The van der Waals surface area contributed by atoms with Crippen LogP contribution in [0.5, 0.6) is 0 Å². The van der Waals surface area contributed by atoms with E-state index in [-0.39, 0.29) is 125 Å². The van der Waals surface area contributed by atoms with E-state index in [0.29, 0.717) is 0 Å². The zero-order valence-electron chi connectivity index (χ0n) is 5.12. The molecule has 0 aliphatic carbocycles. The topological polar surface area (TPSA) is 17.1 Å². The van der Waals surface area contributed by atoms with Crippen LogP contribution in [0.25, 0.3) is 0 Å². The Labute approximate surface area is 125 Å². The minimum absolute atomic E-state index is 0. The van der Waals surface area contributed by atoms with Crippen molar-refractivity contribution in [2.24, 2.45) is 0 Å². The Morgan fingerprint density at radius 3 is 1.40 bits per heavy atom. The van der Waals surface area contributed by atoms with Crippen molar-refractivity contribution in [3.63, 3.8) is 0 Å². The molecule has 0 heterocycles. The zero-order chi connectivity index (χ0) is 2.00. The van der Waals surface area contributed by atoms with Gasteiger partial charge in [-0.1, -0.05) is 0 Å². The molecule has 24 valence electrons. The molecule has 0 atom stereocenters. The van der Waals surface area contributed by atoms with Gasteiger partial charge in [0, 0.05) is 0 Å². The Hall–Kier alpha value is 3.54. The predicted octanol–water partition coefficient (Wildman–Crippen LogP) is -8.25. The Morgan fingerprint density at radius 2 is 1.40 bits per heavy atom. The van der Waals surface area contributed by atoms with Gasteiger partial charge in [-0.25, -0.2) is 0 Å². The molecular formula is H8CsGe2LiO. The summed E-state index contributed by atoms with van der Waals surface area (Å²) < 4.78 is 8.38. The molecule has 0 saturated carbocycles. The normalized spacial score (nSPS) is 0.800.